The Morgan fingerprint density at radius 3 is 2.46 bits per heavy atom. The summed E-state index contributed by atoms with van der Waals surface area (Å²) in [5, 5.41) is 7.63. The lowest BCUT2D eigenvalue weighted by atomic mass is 9.90. The molecule has 1 aliphatic heterocycles. The molecule has 0 N–H and O–H groups in total. The molecule has 5 heteroatoms. The lowest BCUT2D eigenvalue weighted by Gasteiger charge is -2.33. The van der Waals surface area contributed by atoms with Crippen molar-refractivity contribution in [3.63, 3.8) is 0 Å². The molecule has 132 valence electrons. The van der Waals surface area contributed by atoms with Crippen molar-refractivity contribution in [1.29, 1.82) is 0 Å². The Balaban J connectivity index is 1.40. The molecule has 1 aromatic heterocycles. The van der Waals surface area contributed by atoms with E-state index < -0.39 is 0 Å². The van der Waals surface area contributed by atoms with Crippen LogP contribution in [-0.4, -0.2) is 38.7 Å². The summed E-state index contributed by atoms with van der Waals surface area (Å²) >= 11 is 0. The van der Waals surface area contributed by atoms with E-state index in [1.807, 2.05) is 39.8 Å². The molecule has 2 heterocycles. The molecule has 0 spiro atoms. The van der Waals surface area contributed by atoms with E-state index in [0.29, 0.717) is 12.3 Å². The fourth-order valence-electron chi connectivity index (χ4n) is 3.61. The summed E-state index contributed by atoms with van der Waals surface area (Å²) in [6.07, 6.45) is 6.00. The largest absolute Gasteiger partial charge is 0.342 e. The van der Waals surface area contributed by atoms with Gasteiger partial charge in [-0.25, -0.2) is 0 Å². The number of piperidine rings is 1. The van der Waals surface area contributed by atoms with Crippen LogP contribution >= 0.6 is 0 Å². The second-order valence-electron chi connectivity index (χ2n) is 6.80. The zero-order valence-electron chi connectivity index (χ0n) is 14.7. The fraction of sp³-hybridized carbons (Fsp3) is 0.286. The van der Waals surface area contributed by atoms with Crippen molar-refractivity contribution in [1.82, 2.24) is 19.7 Å². The quantitative estimate of drug-likeness (QED) is 0.729. The first-order valence-electron chi connectivity index (χ1n) is 9.06. The summed E-state index contributed by atoms with van der Waals surface area (Å²) in [6.45, 7) is 1.68. The number of hydrogen-bond donors (Lipinski definition) is 0. The minimum atomic E-state index is 0.211. The van der Waals surface area contributed by atoms with E-state index in [2.05, 4.69) is 34.5 Å². The third-order valence-electron chi connectivity index (χ3n) is 5.05. The van der Waals surface area contributed by atoms with Crippen molar-refractivity contribution < 1.29 is 4.79 Å². The van der Waals surface area contributed by atoms with Crippen molar-refractivity contribution >= 4 is 5.91 Å². The molecule has 1 saturated heterocycles. The fourth-order valence-corrected chi connectivity index (χ4v) is 3.61. The van der Waals surface area contributed by atoms with Gasteiger partial charge in [0.05, 0.1) is 6.42 Å². The summed E-state index contributed by atoms with van der Waals surface area (Å²) in [5.74, 6) is 0.660. The number of benzene rings is 2. The van der Waals surface area contributed by atoms with E-state index in [1.54, 1.807) is 12.7 Å². The molecule has 0 unspecified atom stereocenters. The molecule has 5 nitrogen and oxygen atoms in total. The van der Waals surface area contributed by atoms with Gasteiger partial charge in [0.25, 0.3) is 0 Å². The minimum Gasteiger partial charge on any atom is -0.342 e. The Kier molecular flexibility index (Phi) is 4.78. The van der Waals surface area contributed by atoms with Crippen LogP contribution in [0.3, 0.4) is 0 Å². The van der Waals surface area contributed by atoms with Gasteiger partial charge < -0.3 is 4.90 Å². The monoisotopic (exact) mass is 346 g/mol. The Bertz CT molecular complexity index is 843. The Labute approximate surface area is 153 Å². The predicted octanol–water partition coefficient (Wildman–Crippen LogP) is 3.22. The number of aromatic nitrogens is 3. The molecule has 0 bridgehead atoms. The normalized spacial score (nSPS) is 17.2. The molecule has 0 saturated carbocycles. The first kappa shape index (κ1) is 16.5. The van der Waals surface area contributed by atoms with Crippen molar-refractivity contribution in [2.24, 2.45) is 0 Å². The number of carbonyl (C=O) groups excluding carboxylic acids is 1. The van der Waals surface area contributed by atoms with E-state index in [0.717, 1.165) is 37.2 Å². The molecule has 1 aliphatic rings. The van der Waals surface area contributed by atoms with Crippen LogP contribution in [0.1, 0.15) is 29.9 Å². The number of carbonyl (C=O) groups is 1. The Hall–Kier alpha value is -2.95. The number of likely N-dealkylation sites (tertiary alicyclic amines) is 1. The van der Waals surface area contributed by atoms with E-state index in [9.17, 15) is 4.79 Å². The number of amides is 1. The van der Waals surface area contributed by atoms with Crippen LogP contribution in [0, 0.1) is 0 Å². The van der Waals surface area contributed by atoms with Gasteiger partial charge in [-0.05, 0) is 36.1 Å². The molecule has 1 atom stereocenters. The highest BCUT2D eigenvalue weighted by atomic mass is 16.2. The van der Waals surface area contributed by atoms with E-state index >= 15 is 0 Å². The van der Waals surface area contributed by atoms with Crippen molar-refractivity contribution in [2.75, 3.05) is 13.1 Å². The molecule has 3 aromatic rings. The van der Waals surface area contributed by atoms with Crippen LogP contribution in [0.2, 0.25) is 0 Å². The van der Waals surface area contributed by atoms with Gasteiger partial charge in [0.1, 0.15) is 12.7 Å². The first-order valence-corrected chi connectivity index (χ1v) is 9.06. The third-order valence-corrected chi connectivity index (χ3v) is 5.05. The van der Waals surface area contributed by atoms with Gasteiger partial charge in [0.15, 0.2) is 0 Å². The maximum Gasteiger partial charge on any atom is 0.227 e. The maximum atomic E-state index is 12.8. The van der Waals surface area contributed by atoms with Crippen molar-refractivity contribution in [2.45, 2.75) is 25.2 Å². The second kappa shape index (κ2) is 7.52. The average molecular weight is 346 g/mol. The topological polar surface area (TPSA) is 51.0 Å². The van der Waals surface area contributed by atoms with Gasteiger partial charge in [-0.15, -0.1) is 10.2 Å². The van der Waals surface area contributed by atoms with E-state index in [4.69, 9.17) is 0 Å². The van der Waals surface area contributed by atoms with E-state index in [-0.39, 0.29) is 5.91 Å². The van der Waals surface area contributed by atoms with Gasteiger partial charge in [0.2, 0.25) is 5.91 Å². The standard InChI is InChI=1S/C21H22N4O/c26-21(13-17-8-10-20(11-9-17)25-15-22-23-16-25)24-12-4-7-19(14-24)18-5-2-1-3-6-18/h1-3,5-6,8-11,15-16,19H,4,7,12-14H2/t19-/m0/s1. The minimum absolute atomic E-state index is 0.211. The predicted molar refractivity (Wildman–Crippen MR) is 100 cm³/mol. The lowest BCUT2D eigenvalue weighted by Crippen LogP contribution is -2.39. The molecule has 4 rings (SSSR count). The number of rotatable bonds is 4. The lowest BCUT2D eigenvalue weighted by molar-refractivity contribution is -0.131. The SMILES string of the molecule is O=C(Cc1ccc(-n2cnnc2)cc1)N1CCC[C@H](c2ccccc2)C1. The molecule has 2 aromatic carbocycles. The first-order chi connectivity index (χ1) is 12.8. The Morgan fingerprint density at radius 1 is 1.00 bits per heavy atom. The number of nitrogens with zero attached hydrogens (tertiary/aromatic N) is 4. The third kappa shape index (κ3) is 3.67. The van der Waals surface area contributed by atoms with Gasteiger partial charge in [-0.3, -0.25) is 9.36 Å². The van der Waals surface area contributed by atoms with Gasteiger partial charge >= 0.3 is 0 Å². The zero-order valence-corrected chi connectivity index (χ0v) is 14.7. The molecule has 0 aliphatic carbocycles. The summed E-state index contributed by atoms with van der Waals surface area (Å²) in [5.41, 5.74) is 3.37. The summed E-state index contributed by atoms with van der Waals surface area (Å²) < 4.78 is 1.85. The van der Waals surface area contributed by atoms with Gasteiger partial charge in [-0.2, -0.15) is 0 Å². The van der Waals surface area contributed by atoms with Crippen LogP contribution in [0.5, 0.6) is 0 Å². The van der Waals surface area contributed by atoms with E-state index in [1.165, 1.54) is 5.56 Å². The maximum absolute atomic E-state index is 12.8. The number of hydrogen-bond acceptors (Lipinski definition) is 3. The second-order valence-corrected chi connectivity index (χ2v) is 6.80. The molecular weight excluding hydrogens is 324 g/mol. The van der Waals surface area contributed by atoms with Crippen molar-refractivity contribution in [3.8, 4) is 5.69 Å². The Morgan fingerprint density at radius 2 is 1.73 bits per heavy atom. The van der Waals surface area contributed by atoms with Gasteiger partial charge in [0, 0.05) is 24.7 Å². The summed E-state index contributed by atoms with van der Waals surface area (Å²) in [4.78, 5) is 14.8. The van der Waals surface area contributed by atoms with Crippen LogP contribution < -0.4 is 0 Å². The van der Waals surface area contributed by atoms with Crippen LogP contribution in [0.4, 0.5) is 0 Å². The highest BCUT2D eigenvalue weighted by Gasteiger charge is 2.24. The molecule has 1 fully saturated rings. The highest BCUT2D eigenvalue weighted by molar-refractivity contribution is 5.79. The summed E-state index contributed by atoms with van der Waals surface area (Å²) in [6, 6.07) is 18.5. The smallest absolute Gasteiger partial charge is 0.227 e. The van der Waals surface area contributed by atoms with Crippen molar-refractivity contribution in [3.05, 3.63) is 78.4 Å². The molecule has 1 amide bonds. The van der Waals surface area contributed by atoms with Crippen LogP contribution in [0.15, 0.2) is 67.3 Å². The summed E-state index contributed by atoms with van der Waals surface area (Å²) in [7, 11) is 0. The molecule has 26 heavy (non-hydrogen) atoms. The van der Waals surface area contributed by atoms with Gasteiger partial charge in [-0.1, -0.05) is 42.5 Å². The van der Waals surface area contributed by atoms with Crippen LogP contribution in [-0.2, 0) is 11.2 Å². The average Bonchev–Trinajstić information content (AvgIpc) is 3.24. The molecular formula is C21H22N4O. The highest BCUT2D eigenvalue weighted by Crippen LogP contribution is 2.27. The molecule has 0 radical (unpaired) electrons. The zero-order chi connectivity index (χ0) is 17.8. The van der Waals surface area contributed by atoms with Crippen LogP contribution in [0.25, 0.3) is 5.69 Å².